The first kappa shape index (κ1) is 20.4. The monoisotopic (exact) mass is 354 g/mol. The van der Waals surface area contributed by atoms with Crippen LogP contribution in [-0.4, -0.2) is 41.1 Å². The number of guanidine groups is 1. The summed E-state index contributed by atoms with van der Waals surface area (Å²) in [5.41, 5.74) is 1.67. The maximum absolute atomic E-state index is 12.4. The molecule has 0 fully saturated rings. The molecule has 1 aromatic carbocycles. The van der Waals surface area contributed by atoms with E-state index in [1.807, 2.05) is 19.1 Å². The second-order valence-electron chi connectivity index (χ2n) is 6.28. The van der Waals surface area contributed by atoms with Crippen molar-refractivity contribution in [2.24, 2.45) is 10.9 Å². The summed E-state index contributed by atoms with van der Waals surface area (Å²) >= 11 is 0. The summed E-state index contributed by atoms with van der Waals surface area (Å²) in [4.78, 5) is 4.46. The fourth-order valence-electron chi connectivity index (χ4n) is 2.14. The van der Waals surface area contributed by atoms with Crippen molar-refractivity contribution >= 4 is 16.0 Å². The molecule has 0 heterocycles. The van der Waals surface area contributed by atoms with Crippen LogP contribution in [0.25, 0.3) is 0 Å². The molecule has 0 saturated carbocycles. The molecule has 0 spiro atoms. The summed E-state index contributed by atoms with van der Waals surface area (Å²) in [5, 5.41) is 6.31. The number of nitrogens with one attached hydrogen (secondary N) is 3. The number of aryl methyl sites for hydroxylation is 2. The minimum atomic E-state index is -3.50. The summed E-state index contributed by atoms with van der Waals surface area (Å²) in [6.45, 7) is 9.61. The van der Waals surface area contributed by atoms with Gasteiger partial charge in [-0.25, -0.2) is 13.1 Å². The molecule has 0 aliphatic rings. The summed E-state index contributed by atoms with van der Waals surface area (Å²) in [7, 11) is -1.80. The SMILES string of the molecule is CN=C(NCCNS(=O)(=O)c1cc(C)ccc1C)NCCC(C)C. The van der Waals surface area contributed by atoms with Crippen LogP contribution in [0.1, 0.15) is 31.4 Å². The smallest absolute Gasteiger partial charge is 0.240 e. The van der Waals surface area contributed by atoms with E-state index in [2.05, 4.69) is 34.2 Å². The standard InChI is InChI=1S/C17H30N4O2S/c1-13(2)8-9-19-17(18-5)20-10-11-21-24(22,23)16-12-14(3)6-7-15(16)4/h6-7,12-13,21H,8-11H2,1-5H3,(H2,18,19,20). The van der Waals surface area contributed by atoms with E-state index in [4.69, 9.17) is 0 Å². The Morgan fingerprint density at radius 2 is 1.79 bits per heavy atom. The van der Waals surface area contributed by atoms with Gasteiger partial charge in [-0.15, -0.1) is 0 Å². The second-order valence-corrected chi connectivity index (χ2v) is 8.01. The van der Waals surface area contributed by atoms with E-state index in [0.29, 0.717) is 29.9 Å². The van der Waals surface area contributed by atoms with Crippen LogP contribution >= 0.6 is 0 Å². The number of aliphatic imine (C=N–C) groups is 1. The zero-order chi connectivity index (χ0) is 18.2. The molecule has 0 aliphatic heterocycles. The topological polar surface area (TPSA) is 82.6 Å². The van der Waals surface area contributed by atoms with E-state index < -0.39 is 10.0 Å². The van der Waals surface area contributed by atoms with E-state index in [1.54, 1.807) is 20.0 Å². The average molecular weight is 355 g/mol. The Morgan fingerprint density at radius 1 is 1.12 bits per heavy atom. The van der Waals surface area contributed by atoms with Crippen molar-refractivity contribution in [3.05, 3.63) is 29.3 Å². The molecule has 0 aromatic heterocycles. The largest absolute Gasteiger partial charge is 0.356 e. The predicted octanol–water partition coefficient (Wildman–Crippen LogP) is 1.79. The number of benzene rings is 1. The highest BCUT2D eigenvalue weighted by atomic mass is 32.2. The van der Waals surface area contributed by atoms with Crippen LogP contribution in [-0.2, 0) is 10.0 Å². The lowest BCUT2D eigenvalue weighted by molar-refractivity contribution is 0.571. The third kappa shape index (κ3) is 6.88. The van der Waals surface area contributed by atoms with E-state index in [1.165, 1.54) is 0 Å². The molecular formula is C17H30N4O2S. The first-order valence-electron chi connectivity index (χ1n) is 8.27. The van der Waals surface area contributed by atoms with Crippen molar-refractivity contribution in [3.63, 3.8) is 0 Å². The third-order valence-corrected chi connectivity index (χ3v) is 5.18. The van der Waals surface area contributed by atoms with Gasteiger partial charge in [0, 0.05) is 26.7 Å². The van der Waals surface area contributed by atoms with E-state index >= 15 is 0 Å². The van der Waals surface area contributed by atoms with Crippen molar-refractivity contribution in [3.8, 4) is 0 Å². The Kier molecular flexibility index (Phi) is 8.21. The predicted molar refractivity (Wildman–Crippen MR) is 99.9 cm³/mol. The Labute approximate surface area is 146 Å². The maximum atomic E-state index is 12.4. The summed E-state index contributed by atoms with van der Waals surface area (Å²) in [5.74, 6) is 1.31. The molecule has 0 bridgehead atoms. The van der Waals surface area contributed by atoms with Gasteiger partial charge in [0.25, 0.3) is 0 Å². The van der Waals surface area contributed by atoms with Gasteiger partial charge in [-0.2, -0.15) is 0 Å². The first-order chi connectivity index (χ1) is 11.3. The number of nitrogens with zero attached hydrogens (tertiary/aromatic N) is 1. The van der Waals surface area contributed by atoms with Crippen molar-refractivity contribution in [2.45, 2.75) is 39.0 Å². The summed E-state index contributed by atoms with van der Waals surface area (Å²) in [6, 6.07) is 5.42. The lowest BCUT2D eigenvalue weighted by atomic mass is 10.1. The highest BCUT2D eigenvalue weighted by molar-refractivity contribution is 7.89. The van der Waals surface area contributed by atoms with Crippen LogP contribution in [0.3, 0.4) is 0 Å². The minimum Gasteiger partial charge on any atom is -0.356 e. The molecule has 136 valence electrons. The number of sulfonamides is 1. The van der Waals surface area contributed by atoms with Gasteiger partial charge < -0.3 is 10.6 Å². The van der Waals surface area contributed by atoms with Crippen LogP contribution in [0.5, 0.6) is 0 Å². The minimum absolute atomic E-state index is 0.292. The molecule has 6 nitrogen and oxygen atoms in total. The number of hydrogen-bond acceptors (Lipinski definition) is 3. The van der Waals surface area contributed by atoms with Gasteiger partial charge in [0.05, 0.1) is 4.90 Å². The lowest BCUT2D eigenvalue weighted by Crippen LogP contribution is -2.42. The molecule has 7 heteroatoms. The molecule has 0 unspecified atom stereocenters. The Bertz CT molecular complexity index is 655. The molecular weight excluding hydrogens is 324 g/mol. The molecule has 0 saturated heterocycles. The van der Waals surface area contributed by atoms with E-state index in [9.17, 15) is 8.42 Å². The lowest BCUT2D eigenvalue weighted by Gasteiger charge is -2.14. The average Bonchev–Trinajstić information content (AvgIpc) is 2.51. The highest BCUT2D eigenvalue weighted by Crippen LogP contribution is 2.16. The van der Waals surface area contributed by atoms with Gasteiger partial charge in [0.2, 0.25) is 10.0 Å². The number of rotatable bonds is 8. The molecule has 1 aromatic rings. The molecule has 0 radical (unpaired) electrons. The molecule has 0 aliphatic carbocycles. The van der Waals surface area contributed by atoms with Crippen molar-refractivity contribution in [1.29, 1.82) is 0 Å². The quantitative estimate of drug-likeness (QED) is 0.378. The summed E-state index contributed by atoms with van der Waals surface area (Å²) < 4.78 is 27.4. The van der Waals surface area contributed by atoms with Crippen LogP contribution in [0.15, 0.2) is 28.1 Å². The molecule has 3 N–H and O–H groups in total. The van der Waals surface area contributed by atoms with Gasteiger partial charge in [-0.3, -0.25) is 4.99 Å². The van der Waals surface area contributed by atoms with Crippen molar-refractivity contribution in [2.75, 3.05) is 26.7 Å². The van der Waals surface area contributed by atoms with Gasteiger partial charge in [-0.05, 0) is 43.4 Å². The Morgan fingerprint density at radius 3 is 2.42 bits per heavy atom. The zero-order valence-corrected chi connectivity index (χ0v) is 16.1. The third-order valence-electron chi connectivity index (χ3n) is 3.58. The first-order valence-corrected chi connectivity index (χ1v) is 9.76. The van der Waals surface area contributed by atoms with E-state index in [-0.39, 0.29) is 0 Å². The normalized spacial score (nSPS) is 12.5. The number of hydrogen-bond donors (Lipinski definition) is 3. The molecule has 1 rings (SSSR count). The summed E-state index contributed by atoms with van der Waals surface area (Å²) in [6.07, 6.45) is 1.06. The Hall–Kier alpha value is -1.60. The zero-order valence-electron chi connectivity index (χ0n) is 15.3. The highest BCUT2D eigenvalue weighted by Gasteiger charge is 2.16. The van der Waals surface area contributed by atoms with Crippen LogP contribution in [0, 0.1) is 19.8 Å². The Balaban J connectivity index is 2.47. The van der Waals surface area contributed by atoms with Crippen LogP contribution in [0.2, 0.25) is 0 Å². The van der Waals surface area contributed by atoms with E-state index in [0.717, 1.165) is 24.1 Å². The van der Waals surface area contributed by atoms with Gasteiger partial charge in [0.15, 0.2) is 5.96 Å². The fourth-order valence-corrected chi connectivity index (χ4v) is 3.50. The van der Waals surface area contributed by atoms with Crippen molar-refractivity contribution < 1.29 is 8.42 Å². The van der Waals surface area contributed by atoms with Crippen LogP contribution in [0.4, 0.5) is 0 Å². The molecule has 0 amide bonds. The second kappa shape index (κ2) is 9.64. The van der Waals surface area contributed by atoms with Crippen LogP contribution < -0.4 is 15.4 Å². The molecule has 24 heavy (non-hydrogen) atoms. The van der Waals surface area contributed by atoms with Gasteiger partial charge in [-0.1, -0.05) is 26.0 Å². The van der Waals surface area contributed by atoms with Crippen molar-refractivity contribution in [1.82, 2.24) is 15.4 Å². The molecule has 0 atom stereocenters. The fraction of sp³-hybridized carbons (Fsp3) is 0.588. The maximum Gasteiger partial charge on any atom is 0.240 e. The van der Waals surface area contributed by atoms with Gasteiger partial charge in [0.1, 0.15) is 0 Å². The van der Waals surface area contributed by atoms with Gasteiger partial charge >= 0.3 is 0 Å².